The molecule has 2 aromatic rings. The normalized spacial score (nSPS) is 18.0. The molecule has 6 heteroatoms. The largest absolute Gasteiger partial charge is 0.325 e. The zero-order valence-corrected chi connectivity index (χ0v) is 12.7. The van der Waals surface area contributed by atoms with Crippen LogP contribution in [0.25, 0.3) is 0 Å². The molecule has 6 nitrogen and oxygen atoms in total. The maximum Gasteiger partial charge on any atom is 0.232 e. The van der Waals surface area contributed by atoms with E-state index in [0.717, 1.165) is 37.2 Å². The van der Waals surface area contributed by atoms with E-state index < -0.39 is 0 Å². The number of aryl methyl sites for hydroxylation is 1. The first-order valence-electron chi connectivity index (χ1n) is 7.69. The molecule has 0 spiro atoms. The van der Waals surface area contributed by atoms with E-state index in [1.54, 1.807) is 12.7 Å². The molecule has 116 valence electrons. The lowest BCUT2D eigenvalue weighted by Gasteiger charge is -2.15. The molecule has 0 bridgehead atoms. The van der Waals surface area contributed by atoms with Crippen LogP contribution in [0.1, 0.15) is 31.2 Å². The Labute approximate surface area is 129 Å². The molecule has 0 saturated carbocycles. The summed E-state index contributed by atoms with van der Waals surface area (Å²) < 4.78 is 1.83. The summed E-state index contributed by atoms with van der Waals surface area (Å²) in [6, 6.07) is 8.31. The van der Waals surface area contributed by atoms with Gasteiger partial charge in [0.2, 0.25) is 5.91 Å². The molecule has 2 heterocycles. The Hall–Kier alpha value is -2.21. The molecule has 1 aliphatic rings. The first-order chi connectivity index (χ1) is 10.7. The minimum absolute atomic E-state index is 0.0359. The van der Waals surface area contributed by atoms with Crippen LogP contribution in [0.4, 0.5) is 5.69 Å². The fourth-order valence-electron chi connectivity index (χ4n) is 2.81. The zero-order valence-electron chi connectivity index (χ0n) is 12.7. The van der Waals surface area contributed by atoms with Gasteiger partial charge in [0.15, 0.2) is 0 Å². The fourth-order valence-corrected chi connectivity index (χ4v) is 2.81. The number of rotatable bonds is 7. The second-order valence-corrected chi connectivity index (χ2v) is 5.72. The summed E-state index contributed by atoms with van der Waals surface area (Å²) in [6.07, 6.45) is 5.08. The molecule has 1 amide bonds. The SMILES string of the molecule is C[C@H](CCn1cncn1)NCC[C@H]1C(=O)Nc2ccccc21. The van der Waals surface area contributed by atoms with Crippen LogP contribution in [0.3, 0.4) is 0 Å². The average Bonchev–Trinajstić information content (AvgIpc) is 3.13. The number of amides is 1. The number of aromatic nitrogens is 3. The Morgan fingerprint density at radius 3 is 3.09 bits per heavy atom. The Kier molecular flexibility index (Phi) is 4.48. The number of nitrogens with one attached hydrogen (secondary N) is 2. The monoisotopic (exact) mass is 299 g/mol. The molecular formula is C16H21N5O. The molecule has 1 aliphatic heterocycles. The first kappa shape index (κ1) is 14.7. The van der Waals surface area contributed by atoms with Crippen molar-refractivity contribution in [2.75, 3.05) is 11.9 Å². The second-order valence-electron chi connectivity index (χ2n) is 5.72. The molecule has 22 heavy (non-hydrogen) atoms. The highest BCUT2D eigenvalue weighted by Gasteiger charge is 2.29. The van der Waals surface area contributed by atoms with Gasteiger partial charge in [0.05, 0.1) is 5.92 Å². The third kappa shape index (κ3) is 3.33. The summed E-state index contributed by atoms with van der Waals surface area (Å²) in [5.41, 5.74) is 2.07. The number of para-hydroxylation sites is 1. The summed E-state index contributed by atoms with van der Waals surface area (Å²) in [4.78, 5) is 16.0. The smallest absolute Gasteiger partial charge is 0.232 e. The topological polar surface area (TPSA) is 71.8 Å². The van der Waals surface area contributed by atoms with Gasteiger partial charge in [0, 0.05) is 18.3 Å². The summed E-state index contributed by atoms with van der Waals surface area (Å²) in [7, 11) is 0. The summed E-state index contributed by atoms with van der Waals surface area (Å²) in [6.45, 7) is 3.82. The Morgan fingerprint density at radius 1 is 1.41 bits per heavy atom. The highest BCUT2D eigenvalue weighted by molar-refractivity contribution is 6.02. The molecule has 2 atom stereocenters. The summed E-state index contributed by atoms with van der Waals surface area (Å²) in [5, 5.41) is 10.5. The molecule has 1 aromatic carbocycles. The van der Waals surface area contributed by atoms with E-state index >= 15 is 0 Å². The van der Waals surface area contributed by atoms with Gasteiger partial charge in [0.25, 0.3) is 0 Å². The van der Waals surface area contributed by atoms with Crippen LogP contribution < -0.4 is 10.6 Å². The zero-order chi connectivity index (χ0) is 15.4. The molecule has 1 aromatic heterocycles. The third-order valence-corrected chi connectivity index (χ3v) is 4.09. The number of benzene rings is 1. The summed E-state index contributed by atoms with van der Waals surface area (Å²) >= 11 is 0. The Bertz CT molecular complexity index is 625. The number of carbonyl (C=O) groups is 1. The van der Waals surface area contributed by atoms with Crippen molar-refractivity contribution in [3.05, 3.63) is 42.5 Å². The predicted octanol–water partition coefficient (Wildman–Crippen LogP) is 1.77. The molecule has 0 aliphatic carbocycles. The number of hydrogen-bond acceptors (Lipinski definition) is 4. The number of carbonyl (C=O) groups excluding carboxylic acids is 1. The van der Waals surface area contributed by atoms with Gasteiger partial charge in [-0.15, -0.1) is 0 Å². The van der Waals surface area contributed by atoms with E-state index in [-0.39, 0.29) is 11.8 Å². The van der Waals surface area contributed by atoms with Crippen LogP contribution in [-0.2, 0) is 11.3 Å². The minimum Gasteiger partial charge on any atom is -0.325 e. The van der Waals surface area contributed by atoms with Crippen molar-refractivity contribution < 1.29 is 4.79 Å². The van der Waals surface area contributed by atoms with E-state index in [2.05, 4.69) is 27.6 Å². The van der Waals surface area contributed by atoms with E-state index in [0.29, 0.717) is 6.04 Å². The minimum atomic E-state index is -0.0359. The van der Waals surface area contributed by atoms with Gasteiger partial charge in [-0.05, 0) is 37.9 Å². The van der Waals surface area contributed by atoms with Gasteiger partial charge in [-0.3, -0.25) is 9.48 Å². The van der Waals surface area contributed by atoms with Crippen molar-refractivity contribution >= 4 is 11.6 Å². The van der Waals surface area contributed by atoms with Crippen LogP contribution >= 0.6 is 0 Å². The standard InChI is InChI=1S/C16H21N5O/c1-12(7-9-21-11-17-10-19-21)18-8-6-14-13-4-2-3-5-15(13)20-16(14)22/h2-5,10-12,14,18H,6-9H2,1H3,(H,20,22)/t12-,14-/m1/s1. The van der Waals surface area contributed by atoms with Gasteiger partial charge < -0.3 is 10.6 Å². The van der Waals surface area contributed by atoms with Crippen LogP contribution in [0, 0.1) is 0 Å². The van der Waals surface area contributed by atoms with Crippen molar-refractivity contribution in [1.82, 2.24) is 20.1 Å². The summed E-state index contributed by atoms with van der Waals surface area (Å²) in [5.74, 6) is 0.0736. The third-order valence-electron chi connectivity index (χ3n) is 4.09. The quantitative estimate of drug-likeness (QED) is 0.817. The maximum atomic E-state index is 12.0. The Morgan fingerprint density at radius 2 is 2.27 bits per heavy atom. The van der Waals surface area contributed by atoms with Gasteiger partial charge in [-0.1, -0.05) is 18.2 Å². The van der Waals surface area contributed by atoms with Gasteiger partial charge in [-0.2, -0.15) is 5.10 Å². The average molecular weight is 299 g/mol. The molecule has 0 unspecified atom stereocenters. The Balaban J connectivity index is 1.44. The van der Waals surface area contributed by atoms with E-state index in [4.69, 9.17) is 0 Å². The van der Waals surface area contributed by atoms with Gasteiger partial charge in [-0.25, -0.2) is 4.98 Å². The van der Waals surface area contributed by atoms with E-state index in [9.17, 15) is 4.79 Å². The van der Waals surface area contributed by atoms with Crippen molar-refractivity contribution in [3.63, 3.8) is 0 Å². The molecule has 3 rings (SSSR count). The van der Waals surface area contributed by atoms with Crippen LogP contribution in [0.15, 0.2) is 36.9 Å². The molecule has 0 saturated heterocycles. The second kappa shape index (κ2) is 6.70. The molecule has 0 fully saturated rings. The van der Waals surface area contributed by atoms with Crippen LogP contribution in [-0.4, -0.2) is 33.3 Å². The number of nitrogens with zero attached hydrogens (tertiary/aromatic N) is 3. The number of fused-ring (bicyclic) bond motifs is 1. The van der Waals surface area contributed by atoms with Crippen LogP contribution in [0.2, 0.25) is 0 Å². The molecule has 2 N–H and O–H groups in total. The maximum absolute atomic E-state index is 12.0. The van der Waals surface area contributed by atoms with Crippen molar-refractivity contribution in [2.45, 2.75) is 38.3 Å². The predicted molar refractivity (Wildman–Crippen MR) is 84.5 cm³/mol. The first-order valence-corrected chi connectivity index (χ1v) is 7.69. The lowest BCUT2D eigenvalue weighted by atomic mass is 9.97. The lowest BCUT2D eigenvalue weighted by Crippen LogP contribution is -2.30. The van der Waals surface area contributed by atoms with Crippen molar-refractivity contribution in [1.29, 1.82) is 0 Å². The number of hydrogen-bond donors (Lipinski definition) is 2. The number of anilines is 1. The van der Waals surface area contributed by atoms with E-state index in [1.165, 1.54) is 0 Å². The highest BCUT2D eigenvalue weighted by atomic mass is 16.2. The van der Waals surface area contributed by atoms with Crippen LogP contribution in [0.5, 0.6) is 0 Å². The molecule has 0 radical (unpaired) electrons. The van der Waals surface area contributed by atoms with Gasteiger partial charge in [0.1, 0.15) is 12.7 Å². The van der Waals surface area contributed by atoms with Crippen molar-refractivity contribution in [2.24, 2.45) is 0 Å². The molecular weight excluding hydrogens is 278 g/mol. The van der Waals surface area contributed by atoms with E-state index in [1.807, 2.05) is 28.9 Å². The fraction of sp³-hybridized carbons (Fsp3) is 0.438. The lowest BCUT2D eigenvalue weighted by molar-refractivity contribution is -0.117. The van der Waals surface area contributed by atoms with Crippen molar-refractivity contribution in [3.8, 4) is 0 Å². The highest BCUT2D eigenvalue weighted by Crippen LogP contribution is 2.33. The van der Waals surface area contributed by atoms with Gasteiger partial charge >= 0.3 is 0 Å².